The summed E-state index contributed by atoms with van der Waals surface area (Å²) in [5, 5.41) is 10.9. The van der Waals surface area contributed by atoms with Gasteiger partial charge in [0.2, 0.25) is 0 Å². The van der Waals surface area contributed by atoms with Crippen molar-refractivity contribution in [3.05, 3.63) is 47.5 Å². The maximum Gasteiger partial charge on any atom is 0.120 e. The first-order valence-electron chi connectivity index (χ1n) is 12.4. The minimum atomic E-state index is -0.604. The monoisotopic (exact) mass is 436 g/mol. The summed E-state index contributed by atoms with van der Waals surface area (Å²) >= 11 is 0. The third-order valence-corrected chi connectivity index (χ3v) is 7.18. The average molecular weight is 437 g/mol. The van der Waals surface area contributed by atoms with Crippen LogP contribution < -0.4 is 9.47 Å². The van der Waals surface area contributed by atoms with Crippen molar-refractivity contribution in [1.29, 1.82) is 0 Å². The number of aliphatic hydroxyl groups excluding tert-OH is 1. The van der Waals surface area contributed by atoms with Gasteiger partial charge in [-0.1, -0.05) is 25.0 Å². The van der Waals surface area contributed by atoms with Crippen molar-refractivity contribution in [1.82, 2.24) is 9.80 Å². The second kappa shape index (κ2) is 10.2. The molecule has 172 valence electrons. The van der Waals surface area contributed by atoms with Crippen molar-refractivity contribution in [2.24, 2.45) is 0 Å². The number of piperidine rings is 2. The maximum atomic E-state index is 10.9. The molecule has 2 saturated heterocycles. The highest BCUT2D eigenvalue weighted by atomic mass is 16.5. The second-order valence-electron chi connectivity index (χ2n) is 9.40. The zero-order valence-electron chi connectivity index (χ0n) is 19.1. The summed E-state index contributed by atoms with van der Waals surface area (Å²) in [5.74, 6) is 1.72. The fourth-order valence-corrected chi connectivity index (χ4v) is 5.32. The Kier molecular flexibility index (Phi) is 6.96. The highest BCUT2D eigenvalue weighted by molar-refractivity contribution is 5.79. The lowest BCUT2D eigenvalue weighted by molar-refractivity contribution is 0.182. The standard InChI is InChI=1S/C27H36N2O3/c30-27-24-10-8-21(31-17-15-28-11-3-1-4-12-28)19-25(24)23-9-7-22(20-26(23)27)32-18-16-29-13-5-2-6-14-29/h7-10,19-20,27,30H,1-6,11-18H2. The van der Waals surface area contributed by atoms with Gasteiger partial charge in [0, 0.05) is 13.1 Å². The van der Waals surface area contributed by atoms with Crippen LogP contribution in [0.4, 0.5) is 0 Å². The lowest BCUT2D eigenvalue weighted by atomic mass is 10.1. The predicted octanol–water partition coefficient (Wildman–Crippen LogP) is 4.48. The number of hydrogen-bond donors (Lipinski definition) is 1. The molecular formula is C27H36N2O3. The minimum Gasteiger partial charge on any atom is -0.492 e. The molecule has 0 saturated carbocycles. The third kappa shape index (κ3) is 4.95. The number of benzene rings is 2. The van der Waals surface area contributed by atoms with Gasteiger partial charge in [0.05, 0.1) is 0 Å². The Hall–Kier alpha value is -2.08. The fourth-order valence-electron chi connectivity index (χ4n) is 5.32. The fraction of sp³-hybridized carbons (Fsp3) is 0.556. The topological polar surface area (TPSA) is 45.2 Å². The molecule has 0 spiro atoms. The zero-order chi connectivity index (χ0) is 21.8. The number of likely N-dealkylation sites (tertiary alicyclic amines) is 2. The molecule has 0 bridgehead atoms. The molecule has 0 aromatic heterocycles. The van der Waals surface area contributed by atoms with Crippen molar-refractivity contribution in [2.45, 2.75) is 44.6 Å². The van der Waals surface area contributed by atoms with Crippen LogP contribution in [-0.2, 0) is 0 Å². The maximum absolute atomic E-state index is 10.9. The summed E-state index contributed by atoms with van der Waals surface area (Å²) in [5.41, 5.74) is 4.04. The Morgan fingerprint density at radius 2 is 1.22 bits per heavy atom. The van der Waals surface area contributed by atoms with E-state index in [1.165, 1.54) is 64.7 Å². The van der Waals surface area contributed by atoms with E-state index in [9.17, 15) is 5.11 Å². The lowest BCUT2D eigenvalue weighted by Crippen LogP contribution is -2.33. The van der Waals surface area contributed by atoms with Gasteiger partial charge in [-0.25, -0.2) is 0 Å². The molecule has 1 N–H and O–H groups in total. The van der Waals surface area contributed by atoms with Crippen LogP contribution in [0.5, 0.6) is 11.5 Å². The van der Waals surface area contributed by atoms with Crippen LogP contribution >= 0.6 is 0 Å². The van der Waals surface area contributed by atoms with Crippen LogP contribution in [0.25, 0.3) is 11.1 Å². The lowest BCUT2D eigenvalue weighted by Gasteiger charge is -2.26. The van der Waals surface area contributed by atoms with Crippen molar-refractivity contribution in [2.75, 3.05) is 52.5 Å². The minimum absolute atomic E-state index is 0.604. The molecule has 2 aromatic rings. The molecule has 2 heterocycles. The van der Waals surface area contributed by atoms with Gasteiger partial charge in [0.25, 0.3) is 0 Å². The Balaban J connectivity index is 1.20. The van der Waals surface area contributed by atoms with Gasteiger partial charge in [-0.2, -0.15) is 0 Å². The van der Waals surface area contributed by atoms with E-state index in [2.05, 4.69) is 21.9 Å². The van der Waals surface area contributed by atoms with Crippen LogP contribution in [0.15, 0.2) is 36.4 Å². The normalized spacial score (nSPS) is 21.2. The zero-order valence-corrected chi connectivity index (χ0v) is 19.1. The van der Waals surface area contributed by atoms with Gasteiger partial charge in [0.15, 0.2) is 0 Å². The predicted molar refractivity (Wildman–Crippen MR) is 128 cm³/mol. The van der Waals surface area contributed by atoms with Gasteiger partial charge in [-0.05, 0) is 98.4 Å². The molecule has 5 heteroatoms. The van der Waals surface area contributed by atoms with E-state index in [0.29, 0.717) is 13.2 Å². The van der Waals surface area contributed by atoms with Crippen molar-refractivity contribution >= 4 is 0 Å². The quantitative estimate of drug-likeness (QED) is 0.661. The van der Waals surface area contributed by atoms with Gasteiger partial charge < -0.3 is 14.6 Å². The van der Waals surface area contributed by atoms with E-state index in [1.54, 1.807) is 0 Å². The molecular weight excluding hydrogens is 400 g/mol. The summed E-state index contributed by atoms with van der Waals surface area (Å²) in [6, 6.07) is 12.2. The van der Waals surface area contributed by atoms with Crippen LogP contribution in [-0.4, -0.2) is 67.4 Å². The number of fused-ring (bicyclic) bond motifs is 3. The van der Waals surface area contributed by atoms with Crippen LogP contribution in [0, 0.1) is 0 Å². The second-order valence-corrected chi connectivity index (χ2v) is 9.40. The first-order valence-corrected chi connectivity index (χ1v) is 12.4. The Morgan fingerprint density at radius 1 is 0.656 bits per heavy atom. The van der Waals surface area contributed by atoms with Crippen molar-refractivity contribution < 1.29 is 14.6 Å². The Bertz CT molecular complexity index is 904. The Labute approximate surface area is 191 Å². The molecule has 1 atom stereocenters. The molecule has 2 fully saturated rings. The van der Waals surface area contributed by atoms with Gasteiger partial charge in [-0.3, -0.25) is 9.80 Å². The smallest absolute Gasteiger partial charge is 0.120 e. The molecule has 0 radical (unpaired) electrons. The largest absolute Gasteiger partial charge is 0.492 e. The number of aliphatic hydroxyl groups is 1. The summed E-state index contributed by atoms with van der Waals surface area (Å²) in [6.45, 7) is 8.10. The highest BCUT2D eigenvalue weighted by Gasteiger charge is 2.28. The van der Waals surface area contributed by atoms with E-state index in [0.717, 1.165) is 46.8 Å². The number of hydrogen-bond acceptors (Lipinski definition) is 5. The van der Waals surface area contributed by atoms with Crippen molar-refractivity contribution in [3.8, 4) is 22.6 Å². The Morgan fingerprint density at radius 3 is 1.84 bits per heavy atom. The number of rotatable bonds is 8. The average Bonchev–Trinajstić information content (AvgIpc) is 3.11. The van der Waals surface area contributed by atoms with E-state index in [1.807, 2.05) is 24.3 Å². The van der Waals surface area contributed by atoms with Crippen LogP contribution in [0.1, 0.15) is 55.8 Å². The van der Waals surface area contributed by atoms with E-state index >= 15 is 0 Å². The summed E-state index contributed by atoms with van der Waals surface area (Å²) in [7, 11) is 0. The number of nitrogens with zero attached hydrogens (tertiary/aromatic N) is 2. The van der Waals surface area contributed by atoms with Crippen LogP contribution in [0.3, 0.4) is 0 Å². The highest BCUT2D eigenvalue weighted by Crippen LogP contribution is 2.46. The molecule has 1 aliphatic carbocycles. The van der Waals surface area contributed by atoms with Gasteiger partial charge in [-0.15, -0.1) is 0 Å². The van der Waals surface area contributed by atoms with E-state index in [-0.39, 0.29) is 0 Å². The molecule has 2 aliphatic heterocycles. The molecule has 2 aromatic carbocycles. The molecule has 0 amide bonds. The number of ether oxygens (including phenoxy) is 2. The first-order chi connectivity index (χ1) is 15.8. The third-order valence-electron chi connectivity index (χ3n) is 7.18. The van der Waals surface area contributed by atoms with E-state index in [4.69, 9.17) is 9.47 Å². The molecule has 1 unspecified atom stereocenters. The van der Waals surface area contributed by atoms with Crippen LogP contribution in [0.2, 0.25) is 0 Å². The summed E-state index contributed by atoms with van der Waals surface area (Å²) in [6.07, 6.45) is 7.31. The molecule has 5 rings (SSSR count). The van der Waals surface area contributed by atoms with Gasteiger partial charge in [0.1, 0.15) is 30.8 Å². The summed E-state index contributed by atoms with van der Waals surface area (Å²) in [4.78, 5) is 4.97. The van der Waals surface area contributed by atoms with Gasteiger partial charge >= 0.3 is 0 Å². The SMILES string of the molecule is OC1c2ccc(OCCN3CCCCC3)cc2-c2ccc(OCCN3CCCCC3)cc21. The molecule has 32 heavy (non-hydrogen) atoms. The first kappa shape index (κ1) is 21.7. The summed E-state index contributed by atoms with van der Waals surface area (Å²) < 4.78 is 12.1. The van der Waals surface area contributed by atoms with Crippen molar-refractivity contribution in [3.63, 3.8) is 0 Å². The molecule has 5 nitrogen and oxygen atoms in total. The van der Waals surface area contributed by atoms with E-state index < -0.39 is 6.10 Å². The molecule has 3 aliphatic rings.